The summed E-state index contributed by atoms with van der Waals surface area (Å²) in [5.41, 5.74) is -1.49. The lowest BCUT2D eigenvalue weighted by Crippen LogP contribution is -2.37. The summed E-state index contributed by atoms with van der Waals surface area (Å²) in [6.07, 6.45) is -2.75. The standard InChI is InChI=1S/C20H14F7NO2/c1-28-17(19(23,24)18(29)15-10-7-13(21)11-16(15)22)4-2-3-12-5-8-14(9-6-12)30-20(25,26)27/h2,4-11H,3H2,1H3/b4-2-,28-17+. The highest BCUT2D eigenvalue weighted by atomic mass is 19.4. The molecule has 0 amide bonds. The smallest absolute Gasteiger partial charge is 0.406 e. The van der Waals surface area contributed by atoms with Gasteiger partial charge in [0.25, 0.3) is 0 Å². The van der Waals surface area contributed by atoms with Crippen LogP contribution in [0.4, 0.5) is 30.7 Å². The monoisotopic (exact) mass is 433 g/mol. The normalized spacial score (nSPS) is 13.0. The van der Waals surface area contributed by atoms with E-state index in [9.17, 15) is 35.5 Å². The van der Waals surface area contributed by atoms with Crippen molar-refractivity contribution in [1.82, 2.24) is 0 Å². The van der Waals surface area contributed by atoms with Crippen molar-refractivity contribution >= 4 is 11.5 Å². The van der Waals surface area contributed by atoms with Crippen LogP contribution in [0.15, 0.2) is 59.6 Å². The van der Waals surface area contributed by atoms with Gasteiger partial charge >= 0.3 is 12.3 Å². The Balaban J connectivity index is 2.11. The second kappa shape index (κ2) is 9.10. The highest BCUT2D eigenvalue weighted by Gasteiger charge is 2.44. The van der Waals surface area contributed by atoms with E-state index in [0.717, 1.165) is 25.3 Å². The van der Waals surface area contributed by atoms with Gasteiger partial charge in [-0.2, -0.15) is 8.78 Å². The molecular formula is C20H14F7NO2. The Labute approximate surface area is 166 Å². The first-order chi connectivity index (χ1) is 13.9. The van der Waals surface area contributed by atoms with Gasteiger partial charge in [-0.3, -0.25) is 9.79 Å². The number of rotatable bonds is 7. The zero-order valence-corrected chi connectivity index (χ0v) is 15.3. The van der Waals surface area contributed by atoms with E-state index >= 15 is 0 Å². The maximum Gasteiger partial charge on any atom is 0.573 e. The number of carbonyl (C=O) groups is 1. The van der Waals surface area contributed by atoms with E-state index in [1.54, 1.807) is 0 Å². The molecule has 0 N–H and O–H groups in total. The molecule has 0 aromatic heterocycles. The number of hydrogen-bond acceptors (Lipinski definition) is 3. The Morgan fingerprint density at radius 1 is 1.03 bits per heavy atom. The zero-order chi connectivity index (χ0) is 22.5. The topological polar surface area (TPSA) is 38.7 Å². The van der Waals surface area contributed by atoms with E-state index in [2.05, 4.69) is 9.73 Å². The van der Waals surface area contributed by atoms with Crippen molar-refractivity contribution < 1.29 is 40.3 Å². The Morgan fingerprint density at radius 3 is 2.20 bits per heavy atom. The first kappa shape index (κ1) is 23.1. The van der Waals surface area contributed by atoms with Crippen LogP contribution >= 0.6 is 0 Å². The molecule has 0 fully saturated rings. The van der Waals surface area contributed by atoms with Crippen LogP contribution in [0.25, 0.3) is 0 Å². The van der Waals surface area contributed by atoms with E-state index in [-0.39, 0.29) is 6.42 Å². The summed E-state index contributed by atoms with van der Waals surface area (Å²) < 4.78 is 95.6. The number of carbonyl (C=O) groups excluding carboxylic acids is 1. The van der Waals surface area contributed by atoms with Crippen molar-refractivity contribution in [1.29, 1.82) is 0 Å². The summed E-state index contributed by atoms with van der Waals surface area (Å²) >= 11 is 0. The molecule has 160 valence electrons. The highest BCUT2D eigenvalue weighted by molar-refractivity contribution is 6.21. The van der Waals surface area contributed by atoms with Crippen LogP contribution in [0, 0.1) is 11.6 Å². The Morgan fingerprint density at radius 2 is 1.67 bits per heavy atom. The summed E-state index contributed by atoms with van der Waals surface area (Å²) in [5, 5.41) is 0. The number of ketones is 1. The quantitative estimate of drug-likeness (QED) is 0.326. The number of halogens is 7. The molecule has 0 aliphatic carbocycles. The molecule has 0 heterocycles. The van der Waals surface area contributed by atoms with Crippen molar-refractivity contribution in [3.63, 3.8) is 0 Å². The van der Waals surface area contributed by atoms with Crippen molar-refractivity contribution in [3.8, 4) is 5.75 Å². The molecule has 0 aliphatic heterocycles. The Bertz CT molecular complexity index is 964. The Hall–Kier alpha value is -3.17. The van der Waals surface area contributed by atoms with Crippen molar-refractivity contribution in [3.05, 3.63) is 77.4 Å². The minimum atomic E-state index is -4.84. The fourth-order valence-corrected chi connectivity index (χ4v) is 2.41. The molecule has 3 nitrogen and oxygen atoms in total. The number of Topliss-reactive ketones (excluding diaryl/α,β-unsaturated/α-hetero) is 1. The fraction of sp³-hybridized carbons (Fsp3) is 0.200. The number of aliphatic imine (C=N–C) groups is 1. The highest BCUT2D eigenvalue weighted by Crippen LogP contribution is 2.26. The van der Waals surface area contributed by atoms with E-state index in [0.29, 0.717) is 23.8 Å². The first-order valence-corrected chi connectivity index (χ1v) is 8.30. The second-order valence-electron chi connectivity index (χ2n) is 5.93. The van der Waals surface area contributed by atoms with Crippen LogP contribution in [-0.2, 0) is 6.42 Å². The van der Waals surface area contributed by atoms with Crippen molar-refractivity contribution in [2.45, 2.75) is 18.7 Å². The van der Waals surface area contributed by atoms with Crippen LogP contribution in [0.5, 0.6) is 5.75 Å². The summed E-state index contributed by atoms with van der Waals surface area (Å²) in [7, 11) is 1.01. The fourth-order valence-electron chi connectivity index (χ4n) is 2.41. The maximum absolute atomic E-state index is 14.5. The number of allylic oxidation sites excluding steroid dienone is 2. The van der Waals surface area contributed by atoms with E-state index in [1.165, 1.54) is 18.2 Å². The molecule has 0 atom stereocenters. The van der Waals surface area contributed by atoms with Crippen LogP contribution in [0.1, 0.15) is 15.9 Å². The third-order valence-electron chi connectivity index (χ3n) is 3.81. The summed E-state index contributed by atoms with van der Waals surface area (Å²) in [4.78, 5) is 15.4. The van der Waals surface area contributed by atoms with Gasteiger partial charge in [0, 0.05) is 13.1 Å². The van der Waals surface area contributed by atoms with Gasteiger partial charge in [-0.25, -0.2) is 8.78 Å². The molecular weight excluding hydrogens is 419 g/mol. The molecule has 0 saturated carbocycles. The number of nitrogens with zero attached hydrogens (tertiary/aromatic N) is 1. The third-order valence-corrected chi connectivity index (χ3v) is 3.81. The van der Waals surface area contributed by atoms with Crippen molar-refractivity contribution in [2.24, 2.45) is 4.99 Å². The largest absolute Gasteiger partial charge is 0.573 e. The van der Waals surface area contributed by atoms with Crippen LogP contribution in [0.3, 0.4) is 0 Å². The number of alkyl halides is 5. The summed E-state index contributed by atoms with van der Waals surface area (Å²) in [6, 6.07) is 6.31. The van der Waals surface area contributed by atoms with Crippen LogP contribution < -0.4 is 4.74 Å². The molecule has 0 saturated heterocycles. The molecule has 10 heteroatoms. The van der Waals surface area contributed by atoms with Gasteiger partial charge in [-0.15, -0.1) is 13.2 Å². The van der Waals surface area contributed by atoms with Gasteiger partial charge < -0.3 is 4.74 Å². The van der Waals surface area contributed by atoms with Gasteiger partial charge in [-0.1, -0.05) is 18.2 Å². The molecule has 0 spiro atoms. The van der Waals surface area contributed by atoms with Crippen LogP contribution in [-0.4, -0.2) is 30.8 Å². The molecule has 2 aromatic carbocycles. The molecule has 2 rings (SSSR count). The average Bonchev–Trinajstić information content (AvgIpc) is 2.64. The molecule has 2 aromatic rings. The van der Waals surface area contributed by atoms with Gasteiger partial charge in [0.2, 0.25) is 5.78 Å². The predicted octanol–water partition coefficient (Wildman–Crippen LogP) is 5.55. The molecule has 0 bridgehead atoms. The summed E-state index contributed by atoms with van der Waals surface area (Å²) in [6.45, 7) is 0. The lowest BCUT2D eigenvalue weighted by molar-refractivity contribution is -0.274. The third kappa shape index (κ3) is 5.91. The number of hydrogen-bond donors (Lipinski definition) is 0. The second-order valence-corrected chi connectivity index (χ2v) is 5.93. The van der Waals surface area contributed by atoms with Gasteiger partial charge in [0.05, 0.1) is 5.56 Å². The van der Waals surface area contributed by atoms with Crippen molar-refractivity contribution in [2.75, 3.05) is 7.05 Å². The van der Waals surface area contributed by atoms with E-state index in [1.807, 2.05) is 0 Å². The molecule has 0 unspecified atom stereocenters. The van der Waals surface area contributed by atoms with Crippen LogP contribution in [0.2, 0.25) is 0 Å². The van der Waals surface area contributed by atoms with E-state index in [4.69, 9.17) is 0 Å². The lowest BCUT2D eigenvalue weighted by Gasteiger charge is -2.15. The summed E-state index contributed by atoms with van der Waals surface area (Å²) in [5.74, 6) is -8.97. The average molecular weight is 433 g/mol. The first-order valence-electron chi connectivity index (χ1n) is 8.30. The van der Waals surface area contributed by atoms with Gasteiger partial charge in [0.15, 0.2) is 0 Å². The minimum absolute atomic E-state index is 0.0283. The SMILES string of the molecule is C/N=C(\C=C/Cc1ccc(OC(F)(F)F)cc1)C(F)(F)C(=O)c1ccc(F)cc1F. The Kier molecular flexibility index (Phi) is 7.01. The lowest BCUT2D eigenvalue weighted by atomic mass is 10.00. The molecule has 0 radical (unpaired) electrons. The van der Waals surface area contributed by atoms with Gasteiger partial charge in [-0.05, 0) is 42.3 Å². The van der Waals surface area contributed by atoms with Gasteiger partial charge in [0.1, 0.15) is 23.1 Å². The molecule has 0 aliphatic rings. The number of ether oxygens (including phenoxy) is 1. The van der Waals surface area contributed by atoms with E-state index < -0.39 is 46.7 Å². The minimum Gasteiger partial charge on any atom is -0.406 e. The number of benzene rings is 2. The maximum atomic E-state index is 14.5. The zero-order valence-electron chi connectivity index (χ0n) is 15.3. The predicted molar refractivity (Wildman–Crippen MR) is 95.0 cm³/mol. The molecule has 30 heavy (non-hydrogen) atoms.